The van der Waals surface area contributed by atoms with E-state index in [-0.39, 0.29) is 16.5 Å². The highest BCUT2D eigenvalue weighted by molar-refractivity contribution is 7.22. The van der Waals surface area contributed by atoms with Crippen LogP contribution in [0.2, 0.25) is 5.02 Å². The molecule has 5 nitrogen and oxygen atoms in total. The highest BCUT2D eigenvalue weighted by Crippen LogP contribution is 2.33. The molecule has 8 heteroatoms. The van der Waals surface area contributed by atoms with Crippen LogP contribution in [-0.2, 0) is 0 Å². The van der Waals surface area contributed by atoms with Crippen molar-refractivity contribution in [3.05, 3.63) is 52.8 Å². The Morgan fingerprint density at radius 1 is 1.17 bits per heavy atom. The minimum atomic E-state index is -0.478. The van der Waals surface area contributed by atoms with Crippen LogP contribution in [-0.4, -0.2) is 49.1 Å². The number of thiazole rings is 1. The SMILES string of the molecule is CCN(CC)CCN(C(=O)c1ccc(F)cc1Cl)c1nc2ccc(OC)cc2s1. The highest BCUT2D eigenvalue weighted by Gasteiger charge is 2.24. The zero-order valence-corrected chi connectivity index (χ0v) is 18.2. The number of benzene rings is 2. The molecule has 0 aliphatic rings. The molecule has 1 heterocycles. The number of ether oxygens (including phenoxy) is 1. The fourth-order valence-corrected chi connectivity index (χ4v) is 4.28. The first-order valence-corrected chi connectivity index (χ1v) is 10.6. The molecular formula is C21H23ClFN3O2S. The van der Waals surface area contributed by atoms with Gasteiger partial charge in [-0.1, -0.05) is 36.8 Å². The van der Waals surface area contributed by atoms with E-state index in [1.54, 1.807) is 12.0 Å². The van der Waals surface area contributed by atoms with E-state index in [0.717, 1.165) is 35.1 Å². The van der Waals surface area contributed by atoms with Gasteiger partial charge >= 0.3 is 0 Å². The van der Waals surface area contributed by atoms with Gasteiger partial charge in [0.1, 0.15) is 11.6 Å². The third kappa shape index (κ3) is 4.86. The molecule has 2 aromatic carbocycles. The number of anilines is 1. The standard InChI is InChI=1S/C21H23ClFN3O2S/c1-4-25(5-2)10-11-26(20(27)16-8-6-14(23)12-17(16)22)21-24-18-9-7-15(28-3)13-19(18)29-21/h6-9,12-13H,4-5,10-11H2,1-3H3. The lowest BCUT2D eigenvalue weighted by Gasteiger charge is -2.25. The topological polar surface area (TPSA) is 45.7 Å². The van der Waals surface area contributed by atoms with Crippen LogP contribution in [0.15, 0.2) is 36.4 Å². The zero-order chi connectivity index (χ0) is 21.0. The van der Waals surface area contributed by atoms with Crippen LogP contribution in [0.4, 0.5) is 9.52 Å². The molecule has 0 aliphatic carbocycles. The maximum Gasteiger partial charge on any atom is 0.261 e. The monoisotopic (exact) mass is 435 g/mol. The van der Waals surface area contributed by atoms with E-state index in [9.17, 15) is 9.18 Å². The Hall–Kier alpha value is -2.22. The van der Waals surface area contributed by atoms with Crippen molar-refractivity contribution in [3.8, 4) is 5.75 Å². The molecular weight excluding hydrogens is 413 g/mol. The fraction of sp³-hybridized carbons (Fsp3) is 0.333. The number of amides is 1. The fourth-order valence-electron chi connectivity index (χ4n) is 3.01. The van der Waals surface area contributed by atoms with Crippen molar-refractivity contribution >= 4 is 44.2 Å². The second-order valence-corrected chi connectivity index (χ2v) is 7.85. The number of fused-ring (bicyclic) bond motifs is 1. The summed E-state index contributed by atoms with van der Waals surface area (Å²) in [5.74, 6) is -0.0446. The first-order chi connectivity index (χ1) is 14.0. The summed E-state index contributed by atoms with van der Waals surface area (Å²) in [7, 11) is 1.61. The number of halogens is 2. The van der Waals surface area contributed by atoms with Crippen molar-refractivity contribution in [3.63, 3.8) is 0 Å². The number of hydrogen-bond acceptors (Lipinski definition) is 5. The molecule has 0 N–H and O–H groups in total. The van der Waals surface area contributed by atoms with Crippen molar-refractivity contribution in [2.75, 3.05) is 38.2 Å². The van der Waals surface area contributed by atoms with Gasteiger partial charge in [0.25, 0.3) is 5.91 Å². The van der Waals surface area contributed by atoms with Crippen molar-refractivity contribution in [1.82, 2.24) is 9.88 Å². The van der Waals surface area contributed by atoms with Gasteiger partial charge in [-0.05, 0) is 49.5 Å². The van der Waals surface area contributed by atoms with E-state index in [2.05, 4.69) is 23.7 Å². The Labute approximate surface area is 178 Å². The van der Waals surface area contributed by atoms with Gasteiger partial charge in [0.05, 0.1) is 27.9 Å². The van der Waals surface area contributed by atoms with Gasteiger partial charge in [0, 0.05) is 13.1 Å². The summed E-state index contributed by atoms with van der Waals surface area (Å²) in [6, 6.07) is 9.41. The minimum absolute atomic E-state index is 0.0885. The van der Waals surface area contributed by atoms with Gasteiger partial charge in [0.15, 0.2) is 5.13 Å². The molecule has 0 bridgehead atoms. The van der Waals surface area contributed by atoms with Crippen LogP contribution in [0, 0.1) is 5.82 Å². The summed E-state index contributed by atoms with van der Waals surface area (Å²) in [6.07, 6.45) is 0. The summed E-state index contributed by atoms with van der Waals surface area (Å²) in [6.45, 7) is 7.06. The summed E-state index contributed by atoms with van der Waals surface area (Å²) in [5.41, 5.74) is 1.04. The molecule has 1 amide bonds. The number of rotatable bonds is 8. The maximum absolute atomic E-state index is 13.5. The summed E-state index contributed by atoms with van der Waals surface area (Å²) in [4.78, 5) is 21.8. The number of likely N-dealkylation sites (N-methyl/N-ethyl adjacent to an activating group) is 1. The molecule has 0 spiro atoms. The van der Waals surface area contributed by atoms with E-state index in [0.29, 0.717) is 18.2 Å². The van der Waals surface area contributed by atoms with Crippen LogP contribution in [0.25, 0.3) is 10.2 Å². The van der Waals surface area contributed by atoms with Crippen LogP contribution >= 0.6 is 22.9 Å². The molecule has 29 heavy (non-hydrogen) atoms. The van der Waals surface area contributed by atoms with Crippen molar-refractivity contribution < 1.29 is 13.9 Å². The third-order valence-electron chi connectivity index (χ3n) is 4.76. The molecule has 154 valence electrons. The maximum atomic E-state index is 13.5. The van der Waals surface area contributed by atoms with E-state index in [1.165, 1.54) is 23.5 Å². The average molecular weight is 436 g/mol. The number of hydrogen-bond donors (Lipinski definition) is 0. The van der Waals surface area contributed by atoms with Crippen molar-refractivity contribution in [2.45, 2.75) is 13.8 Å². The molecule has 0 radical (unpaired) electrons. The van der Waals surface area contributed by atoms with Gasteiger partial charge in [-0.2, -0.15) is 0 Å². The Morgan fingerprint density at radius 3 is 2.59 bits per heavy atom. The van der Waals surface area contributed by atoms with Crippen LogP contribution in [0.1, 0.15) is 24.2 Å². The van der Waals surface area contributed by atoms with Crippen LogP contribution in [0.3, 0.4) is 0 Å². The second-order valence-electron chi connectivity index (χ2n) is 6.44. The molecule has 0 aliphatic heterocycles. The average Bonchev–Trinajstić information content (AvgIpc) is 3.13. The number of nitrogens with zero attached hydrogens (tertiary/aromatic N) is 3. The van der Waals surface area contributed by atoms with E-state index in [4.69, 9.17) is 16.3 Å². The van der Waals surface area contributed by atoms with Crippen LogP contribution < -0.4 is 9.64 Å². The molecule has 0 saturated carbocycles. The Balaban J connectivity index is 1.99. The van der Waals surface area contributed by atoms with Gasteiger partial charge < -0.3 is 9.64 Å². The van der Waals surface area contributed by atoms with Crippen LogP contribution in [0.5, 0.6) is 5.75 Å². The van der Waals surface area contributed by atoms with Gasteiger partial charge in [0.2, 0.25) is 0 Å². The molecule has 1 aromatic heterocycles. The summed E-state index contributed by atoms with van der Waals surface area (Å²) >= 11 is 7.57. The quantitative estimate of drug-likeness (QED) is 0.494. The Morgan fingerprint density at radius 2 is 1.93 bits per heavy atom. The highest BCUT2D eigenvalue weighted by atomic mass is 35.5. The third-order valence-corrected chi connectivity index (χ3v) is 6.11. The first kappa shape index (κ1) is 21.5. The molecule has 0 unspecified atom stereocenters. The summed E-state index contributed by atoms with van der Waals surface area (Å²) < 4.78 is 19.7. The molecule has 0 atom stereocenters. The van der Waals surface area contributed by atoms with Gasteiger partial charge in [-0.15, -0.1) is 0 Å². The Kier molecular flexibility index (Phi) is 7.05. The summed E-state index contributed by atoms with van der Waals surface area (Å²) in [5, 5.41) is 0.663. The first-order valence-electron chi connectivity index (χ1n) is 9.40. The second kappa shape index (κ2) is 9.52. The number of carbonyl (C=O) groups is 1. The lowest BCUT2D eigenvalue weighted by molar-refractivity contribution is 0.0984. The number of aromatic nitrogens is 1. The van der Waals surface area contributed by atoms with Gasteiger partial charge in [-0.25, -0.2) is 9.37 Å². The lowest BCUT2D eigenvalue weighted by Crippen LogP contribution is -2.39. The normalized spacial score (nSPS) is 11.2. The predicted molar refractivity (Wildman–Crippen MR) is 117 cm³/mol. The van der Waals surface area contributed by atoms with Gasteiger partial charge in [-0.3, -0.25) is 9.69 Å². The predicted octanol–water partition coefficient (Wildman–Crippen LogP) is 5.09. The van der Waals surface area contributed by atoms with E-state index >= 15 is 0 Å². The largest absolute Gasteiger partial charge is 0.497 e. The number of methoxy groups -OCH3 is 1. The minimum Gasteiger partial charge on any atom is -0.497 e. The van der Waals surface area contributed by atoms with Crippen molar-refractivity contribution in [2.24, 2.45) is 0 Å². The van der Waals surface area contributed by atoms with E-state index in [1.807, 2.05) is 18.2 Å². The lowest BCUT2D eigenvalue weighted by atomic mass is 10.2. The van der Waals surface area contributed by atoms with Crippen molar-refractivity contribution in [1.29, 1.82) is 0 Å². The Bertz CT molecular complexity index is 1010. The number of carbonyl (C=O) groups excluding carboxylic acids is 1. The molecule has 3 aromatic rings. The van der Waals surface area contributed by atoms with E-state index < -0.39 is 5.82 Å². The molecule has 0 saturated heterocycles. The smallest absolute Gasteiger partial charge is 0.261 e. The zero-order valence-electron chi connectivity index (χ0n) is 16.6. The molecule has 0 fully saturated rings. The molecule has 3 rings (SSSR count).